The maximum atomic E-state index is 12.6. The van der Waals surface area contributed by atoms with Gasteiger partial charge >= 0.3 is 0 Å². The highest BCUT2D eigenvalue weighted by Crippen LogP contribution is 2.26. The first-order chi connectivity index (χ1) is 11.1. The minimum absolute atomic E-state index is 0. The molecule has 1 amide bonds. The monoisotopic (exact) mass is 387 g/mol. The number of amides is 1. The van der Waals surface area contributed by atoms with Crippen LogP contribution in [0.1, 0.15) is 37.7 Å². The normalized spacial score (nSPS) is 23.4. The molecule has 6 heteroatoms. The number of aryl methyl sites for hydroxylation is 1. The maximum Gasteiger partial charge on any atom is 0.223 e. The van der Waals surface area contributed by atoms with Gasteiger partial charge in [-0.1, -0.05) is 25.0 Å². The van der Waals surface area contributed by atoms with Crippen LogP contribution in [0.3, 0.4) is 0 Å². The van der Waals surface area contributed by atoms with Gasteiger partial charge in [-0.2, -0.15) is 0 Å². The number of benzene rings is 1. The Hall–Kier alpha value is -0.970. The number of rotatable bonds is 3. The van der Waals surface area contributed by atoms with Crippen molar-refractivity contribution in [1.29, 1.82) is 0 Å². The fourth-order valence-electron chi connectivity index (χ4n) is 3.88. The molecule has 2 unspecified atom stereocenters. The van der Waals surface area contributed by atoms with Crippen molar-refractivity contribution in [2.75, 3.05) is 31.1 Å². The van der Waals surface area contributed by atoms with E-state index in [2.05, 4.69) is 36.1 Å². The van der Waals surface area contributed by atoms with Crippen LogP contribution >= 0.6 is 24.8 Å². The molecule has 0 radical (unpaired) electrons. The molecule has 2 aliphatic rings. The predicted molar refractivity (Wildman–Crippen MR) is 109 cm³/mol. The molecule has 142 valence electrons. The van der Waals surface area contributed by atoms with E-state index in [4.69, 9.17) is 5.73 Å². The summed E-state index contributed by atoms with van der Waals surface area (Å²) in [5.74, 6) is 0.697. The summed E-state index contributed by atoms with van der Waals surface area (Å²) in [6.07, 6.45) is 5.30. The number of nitrogens with two attached hydrogens (primary N) is 1. The summed E-state index contributed by atoms with van der Waals surface area (Å²) >= 11 is 0. The highest BCUT2D eigenvalue weighted by Gasteiger charge is 2.28. The third-order valence-corrected chi connectivity index (χ3v) is 5.40. The van der Waals surface area contributed by atoms with E-state index in [-0.39, 0.29) is 30.9 Å². The van der Waals surface area contributed by atoms with Crippen LogP contribution < -0.4 is 10.6 Å². The molecular formula is C19H31Cl2N3O. The highest BCUT2D eigenvalue weighted by molar-refractivity contribution is 5.85. The average Bonchev–Trinajstić information content (AvgIpc) is 2.57. The van der Waals surface area contributed by atoms with E-state index < -0.39 is 0 Å². The predicted octanol–water partition coefficient (Wildman–Crippen LogP) is 3.39. The summed E-state index contributed by atoms with van der Waals surface area (Å²) in [5.41, 5.74) is 8.74. The van der Waals surface area contributed by atoms with Gasteiger partial charge < -0.3 is 15.5 Å². The fraction of sp³-hybridized carbons (Fsp3) is 0.632. The van der Waals surface area contributed by atoms with Crippen molar-refractivity contribution >= 4 is 36.4 Å². The van der Waals surface area contributed by atoms with E-state index in [9.17, 15) is 4.79 Å². The third-order valence-electron chi connectivity index (χ3n) is 5.40. The molecule has 2 N–H and O–H groups in total. The van der Waals surface area contributed by atoms with Crippen molar-refractivity contribution in [1.82, 2.24) is 4.90 Å². The second-order valence-electron chi connectivity index (χ2n) is 7.12. The lowest BCUT2D eigenvalue weighted by Crippen LogP contribution is -2.49. The van der Waals surface area contributed by atoms with E-state index in [0.717, 1.165) is 39.0 Å². The number of carbonyl (C=O) groups excluding carboxylic acids is 1. The summed E-state index contributed by atoms with van der Waals surface area (Å²) in [6, 6.07) is 8.83. The number of anilines is 1. The molecule has 1 saturated heterocycles. The number of halogens is 2. The number of piperazine rings is 1. The van der Waals surface area contributed by atoms with E-state index in [1.54, 1.807) is 0 Å². The summed E-state index contributed by atoms with van der Waals surface area (Å²) < 4.78 is 0. The Labute approximate surface area is 163 Å². The van der Waals surface area contributed by atoms with Gasteiger partial charge in [-0.05, 0) is 43.4 Å². The molecule has 2 atom stereocenters. The Morgan fingerprint density at radius 2 is 1.80 bits per heavy atom. The van der Waals surface area contributed by atoms with E-state index in [1.165, 1.54) is 24.1 Å². The van der Waals surface area contributed by atoms with Crippen LogP contribution in [0, 0.1) is 12.8 Å². The number of nitrogens with zero attached hydrogens (tertiary/aromatic N) is 2. The van der Waals surface area contributed by atoms with E-state index in [1.807, 2.05) is 4.90 Å². The first kappa shape index (κ1) is 22.1. The molecular weight excluding hydrogens is 357 g/mol. The van der Waals surface area contributed by atoms with Gasteiger partial charge in [-0.15, -0.1) is 24.8 Å². The number of hydrogen-bond donors (Lipinski definition) is 1. The van der Waals surface area contributed by atoms with Crippen molar-refractivity contribution in [3.05, 3.63) is 29.8 Å². The van der Waals surface area contributed by atoms with Crippen LogP contribution in [-0.2, 0) is 4.79 Å². The third kappa shape index (κ3) is 5.77. The molecule has 1 heterocycles. The van der Waals surface area contributed by atoms with Crippen LogP contribution in [0.2, 0.25) is 0 Å². The van der Waals surface area contributed by atoms with Crippen LogP contribution in [0.5, 0.6) is 0 Å². The standard InChI is InChI=1S/C19H29N3O.2ClH/c1-15-5-4-7-17(13-15)21-9-11-22(12-10-21)19(23)14-16-6-2-3-8-18(16)20;;/h4-5,7,13,16,18H,2-3,6,8-12,14,20H2,1H3;2*1H. The summed E-state index contributed by atoms with van der Waals surface area (Å²) in [4.78, 5) is 17.0. The Bertz CT molecular complexity index is 547. The first-order valence-electron chi connectivity index (χ1n) is 8.98. The smallest absolute Gasteiger partial charge is 0.223 e. The van der Waals surface area contributed by atoms with E-state index >= 15 is 0 Å². The molecule has 2 fully saturated rings. The summed E-state index contributed by atoms with van der Waals surface area (Å²) in [7, 11) is 0. The van der Waals surface area contributed by atoms with Crippen molar-refractivity contribution in [2.45, 2.75) is 45.1 Å². The molecule has 1 aliphatic carbocycles. The molecule has 1 aromatic carbocycles. The Morgan fingerprint density at radius 3 is 2.44 bits per heavy atom. The zero-order chi connectivity index (χ0) is 16.2. The van der Waals surface area contributed by atoms with E-state index in [0.29, 0.717) is 18.2 Å². The largest absolute Gasteiger partial charge is 0.368 e. The molecule has 25 heavy (non-hydrogen) atoms. The van der Waals surface area contributed by atoms with Crippen LogP contribution in [0.4, 0.5) is 5.69 Å². The number of hydrogen-bond acceptors (Lipinski definition) is 3. The van der Waals surface area contributed by atoms with Gasteiger partial charge in [0.2, 0.25) is 5.91 Å². The lowest BCUT2D eigenvalue weighted by atomic mass is 9.82. The average molecular weight is 388 g/mol. The van der Waals surface area contributed by atoms with Crippen molar-refractivity contribution < 1.29 is 4.79 Å². The lowest BCUT2D eigenvalue weighted by molar-refractivity contribution is -0.132. The Balaban J connectivity index is 0.00000156. The fourth-order valence-corrected chi connectivity index (χ4v) is 3.88. The van der Waals surface area contributed by atoms with Gasteiger partial charge in [0, 0.05) is 44.3 Å². The second-order valence-corrected chi connectivity index (χ2v) is 7.12. The van der Waals surface area contributed by atoms with Gasteiger partial charge in [-0.25, -0.2) is 0 Å². The van der Waals surface area contributed by atoms with Gasteiger partial charge in [0.1, 0.15) is 0 Å². The number of carbonyl (C=O) groups is 1. The summed E-state index contributed by atoms with van der Waals surface area (Å²) in [5, 5.41) is 0. The Morgan fingerprint density at radius 1 is 1.12 bits per heavy atom. The van der Waals surface area contributed by atoms with Crippen LogP contribution in [0.15, 0.2) is 24.3 Å². The molecule has 1 aromatic rings. The molecule has 0 bridgehead atoms. The molecule has 0 aromatic heterocycles. The minimum atomic E-state index is 0. The second kappa shape index (κ2) is 10.2. The summed E-state index contributed by atoms with van der Waals surface area (Å²) in [6.45, 7) is 5.62. The van der Waals surface area contributed by atoms with Gasteiger partial charge in [0.25, 0.3) is 0 Å². The first-order valence-corrected chi connectivity index (χ1v) is 8.98. The molecule has 3 rings (SSSR count). The molecule has 0 spiro atoms. The zero-order valence-electron chi connectivity index (χ0n) is 15.0. The van der Waals surface area contributed by atoms with Crippen molar-refractivity contribution in [3.63, 3.8) is 0 Å². The maximum absolute atomic E-state index is 12.6. The SMILES string of the molecule is Cc1cccc(N2CCN(C(=O)CC3CCCCC3N)CC2)c1.Cl.Cl. The van der Waals surface area contributed by atoms with Crippen LogP contribution in [0.25, 0.3) is 0 Å². The zero-order valence-corrected chi connectivity index (χ0v) is 16.7. The van der Waals surface area contributed by atoms with Gasteiger partial charge in [-0.3, -0.25) is 4.79 Å². The quantitative estimate of drug-likeness (QED) is 0.864. The van der Waals surface area contributed by atoms with Gasteiger partial charge in [0.05, 0.1) is 0 Å². The molecule has 4 nitrogen and oxygen atoms in total. The van der Waals surface area contributed by atoms with Crippen LogP contribution in [-0.4, -0.2) is 43.0 Å². The van der Waals surface area contributed by atoms with Crippen molar-refractivity contribution in [3.8, 4) is 0 Å². The topological polar surface area (TPSA) is 49.6 Å². The van der Waals surface area contributed by atoms with Gasteiger partial charge in [0.15, 0.2) is 0 Å². The Kier molecular flexibility index (Phi) is 9.04. The highest BCUT2D eigenvalue weighted by atomic mass is 35.5. The van der Waals surface area contributed by atoms with Crippen molar-refractivity contribution in [2.24, 2.45) is 11.7 Å². The minimum Gasteiger partial charge on any atom is -0.368 e. The molecule has 1 aliphatic heterocycles. The lowest BCUT2D eigenvalue weighted by Gasteiger charge is -2.37. The molecule has 1 saturated carbocycles.